The van der Waals surface area contributed by atoms with Crippen LogP contribution in [0.1, 0.15) is 50.3 Å². The molecular weight excluding hydrogens is 238 g/mol. The van der Waals surface area contributed by atoms with E-state index in [1.807, 2.05) is 12.1 Å². The Labute approximate surface area is 115 Å². The van der Waals surface area contributed by atoms with Crippen molar-refractivity contribution in [3.05, 3.63) is 29.3 Å². The largest absolute Gasteiger partial charge is 0.493 e. The quantitative estimate of drug-likeness (QED) is 0.902. The summed E-state index contributed by atoms with van der Waals surface area (Å²) >= 11 is 0. The van der Waals surface area contributed by atoms with Crippen molar-refractivity contribution in [2.24, 2.45) is 5.92 Å². The molecule has 1 aromatic carbocycles. The van der Waals surface area contributed by atoms with Gasteiger partial charge in [0.05, 0.1) is 12.6 Å². The first-order chi connectivity index (χ1) is 9.15. The van der Waals surface area contributed by atoms with E-state index in [-0.39, 0.29) is 17.9 Å². The maximum Gasteiger partial charge on any atom is 0.223 e. The number of carbonyl (C=O) groups is 1. The zero-order valence-electron chi connectivity index (χ0n) is 12.0. The molecule has 0 radical (unpaired) electrons. The summed E-state index contributed by atoms with van der Waals surface area (Å²) < 4.78 is 5.65. The molecule has 1 atom stereocenters. The highest BCUT2D eigenvalue weighted by molar-refractivity contribution is 5.79. The Balaban J connectivity index is 2.15. The highest BCUT2D eigenvalue weighted by atomic mass is 16.5. The molecule has 104 valence electrons. The molecular formula is C16H23NO2. The van der Waals surface area contributed by atoms with Crippen molar-refractivity contribution in [1.29, 1.82) is 0 Å². The lowest BCUT2D eigenvalue weighted by Gasteiger charge is -2.28. The number of carbonyl (C=O) groups excluding carboxylic acids is 1. The lowest BCUT2D eigenvalue weighted by atomic mass is 9.96. The van der Waals surface area contributed by atoms with E-state index in [1.165, 1.54) is 5.56 Å². The van der Waals surface area contributed by atoms with Crippen LogP contribution >= 0.6 is 0 Å². The van der Waals surface area contributed by atoms with Crippen LogP contribution in [-0.2, 0) is 4.79 Å². The molecule has 1 aliphatic heterocycles. The number of rotatable bonds is 4. The third kappa shape index (κ3) is 3.09. The van der Waals surface area contributed by atoms with Crippen molar-refractivity contribution >= 4 is 5.91 Å². The molecule has 0 saturated heterocycles. The minimum Gasteiger partial charge on any atom is -0.493 e. The van der Waals surface area contributed by atoms with Gasteiger partial charge in [-0.2, -0.15) is 0 Å². The minimum absolute atomic E-state index is 0.0942. The number of hydrogen-bond donors (Lipinski definition) is 1. The number of fused-ring (bicyclic) bond motifs is 1. The number of aryl methyl sites for hydroxylation is 1. The zero-order valence-corrected chi connectivity index (χ0v) is 12.0. The molecule has 0 bridgehead atoms. The molecule has 0 aromatic heterocycles. The van der Waals surface area contributed by atoms with Crippen LogP contribution in [-0.4, -0.2) is 12.5 Å². The maximum absolute atomic E-state index is 12.2. The average Bonchev–Trinajstić information content (AvgIpc) is 2.41. The lowest BCUT2D eigenvalue weighted by molar-refractivity contribution is -0.126. The SMILES string of the molecule is CCC(CC)C(=O)NC1CCOc2ccc(C)cc21. The molecule has 1 aromatic rings. The summed E-state index contributed by atoms with van der Waals surface area (Å²) in [5, 5.41) is 3.19. The number of hydrogen-bond acceptors (Lipinski definition) is 2. The molecule has 0 saturated carbocycles. The van der Waals surface area contributed by atoms with Crippen LogP contribution in [0.15, 0.2) is 18.2 Å². The third-order valence-corrected chi connectivity index (χ3v) is 3.88. The number of amides is 1. The number of nitrogens with one attached hydrogen (secondary N) is 1. The maximum atomic E-state index is 12.2. The van der Waals surface area contributed by atoms with Crippen LogP contribution in [0, 0.1) is 12.8 Å². The molecule has 1 N–H and O–H groups in total. The van der Waals surface area contributed by atoms with Crippen LogP contribution in [0.25, 0.3) is 0 Å². The summed E-state index contributed by atoms with van der Waals surface area (Å²) in [6.07, 6.45) is 2.64. The van der Waals surface area contributed by atoms with Gasteiger partial charge in [-0.05, 0) is 25.8 Å². The van der Waals surface area contributed by atoms with E-state index in [0.29, 0.717) is 6.61 Å². The molecule has 0 fully saturated rings. The van der Waals surface area contributed by atoms with E-state index in [9.17, 15) is 4.79 Å². The predicted octanol–water partition coefficient (Wildman–Crippen LogP) is 3.37. The Bertz CT molecular complexity index is 452. The van der Waals surface area contributed by atoms with Crippen LogP contribution < -0.4 is 10.1 Å². The van der Waals surface area contributed by atoms with Gasteiger partial charge in [-0.1, -0.05) is 31.5 Å². The Hall–Kier alpha value is -1.51. The van der Waals surface area contributed by atoms with Gasteiger partial charge in [-0.15, -0.1) is 0 Å². The van der Waals surface area contributed by atoms with Crippen molar-refractivity contribution in [2.45, 2.75) is 46.1 Å². The van der Waals surface area contributed by atoms with Crippen molar-refractivity contribution in [3.8, 4) is 5.75 Å². The fourth-order valence-electron chi connectivity index (χ4n) is 2.61. The van der Waals surface area contributed by atoms with Gasteiger partial charge in [0.15, 0.2) is 0 Å². The first kappa shape index (κ1) is 13.9. The number of ether oxygens (including phenoxy) is 1. The van der Waals surface area contributed by atoms with Gasteiger partial charge in [0.25, 0.3) is 0 Å². The molecule has 3 nitrogen and oxygen atoms in total. The molecule has 0 spiro atoms. The molecule has 1 heterocycles. The summed E-state index contributed by atoms with van der Waals surface area (Å²) in [5.41, 5.74) is 2.32. The van der Waals surface area contributed by atoms with E-state index in [0.717, 1.165) is 30.6 Å². The Morgan fingerprint density at radius 1 is 1.42 bits per heavy atom. The predicted molar refractivity (Wildman–Crippen MR) is 76.2 cm³/mol. The molecule has 1 unspecified atom stereocenters. The Morgan fingerprint density at radius 2 is 2.16 bits per heavy atom. The lowest BCUT2D eigenvalue weighted by Crippen LogP contribution is -2.36. The molecule has 1 aliphatic rings. The monoisotopic (exact) mass is 261 g/mol. The van der Waals surface area contributed by atoms with Gasteiger partial charge < -0.3 is 10.1 Å². The van der Waals surface area contributed by atoms with Gasteiger partial charge in [-0.3, -0.25) is 4.79 Å². The standard InChI is InChI=1S/C16H23NO2/c1-4-12(5-2)16(18)17-14-8-9-19-15-7-6-11(3)10-13(14)15/h6-7,10,12,14H,4-5,8-9H2,1-3H3,(H,17,18). The second kappa shape index (κ2) is 6.09. The molecule has 0 aliphatic carbocycles. The van der Waals surface area contributed by atoms with Gasteiger partial charge in [0.1, 0.15) is 5.75 Å². The summed E-state index contributed by atoms with van der Waals surface area (Å²) in [4.78, 5) is 12.2. The van der Waals surface area contributed by atoms with Gasteiger partial charge in [-0.25, -0.2) is 0 Å². The summed E-state index contributed by atoms with van der Waals surface area (Å²) in [5.74, 6) is 1.20. The number of benzene rings is 1. The Kier molecular flexibility index (Phi) is 4.46. The van der Waals surface area contributed by atoms with Gasteiger partial charge >= 0.3 is 0 Å². The van der Waals surface area contributed by atoms with E-state index >= 15 is 0 Å². The van der Waals surface area contributed by atoms with Gasteiger partial charge in [0.2, 0.25) is 5.91 Å². The second-order valence-corrected chi connectivity index (χ2v) is 5.25. The van der Waals surface area contributed by atoms with Gasteiger partial charge in [0, 0.05) is 17.9 Å². The highest BCUT2D eigenvalue weighted by Crippen LogP contribution is 2.32. The van der Waals surface area contributed by atoms with Crippen LogP contribution in [0.2, 0.25) is 0 Å². The molecule has 3 heteroatoms. The first-order valence-electron chi connectivity index (χ1n) is 7.19. The van der Waals surface area contributed by atoms with E-state index in [1.54, 1.807) is 0 Å². The fraction of sp³-hybridized carbons (Fsp3) is 0.562. The topological polar surface area (TPSA) is 38.3 Å². The fourth-order valence-corrected chi connectivity index (χ4v) is 2.61. The van der Waals surface area contributed by atoms with Crippen LogP contribution in [0.4, 0.5) is 0 Å². The summed E-state index contributed by atoms with van der Waals surface area (Å²) in [6, 6.07) is 6.26. The second-order valence-electron chi connectivity index (χ2n) is 5.25. The van der Waals surface area contributed by atoms with Crippen molar-refractivity contribution < 1.29 is 9.53 Å². The Morgan fingerprint density at radius 3 is 2.84 bits per heavy atom. The van der Waals surface area contributed by atoms with E-state index in [2.05, 4.69) is 32.2 Å². The first-order valence-corrected chi connectivity index (χ1v) is 7.19. The van der Waals surface area contributed by atoms with Crippen LogP contribution in [0.3, 0.4) is 0 Å². The van der Waals surface area contributed by atoms with E-state index < -0.39 is 0 Å². The van der Waals surface area contributed by atoms with Crippen molar-refractivity contribution in [1.82, 2.24) is 5.32 Å². The molecule has 1 amide bonds. The highest BCUT2D eigenvalue weighted by Gasteiger charge is 2.25. The third-order valence-electron chi connectivity index (χ3n) is 3.88. The summed E-state index contributed by atoms with van der Waals surface area (Å²) in [6.45, 7) is 6.87. The summed E-state index contributed by atoms with van der Waals surface area (Å²) in [7, 11) is 0. The molecule has 19 heavy (non-hydrogen) atoms. The minimum atomic E-state index is 0.0942. The van der Waals surface area contributed by atoms with Crippen molar-refractivity contribution in [2.75, 3.05) is 6.61 Å². The van der Waals surface area contributed by atoms with Crippen molar-refractivity contribution in [3.63, 3.8) is 0 Å². The van der Waals surface area contributed by atoms with Crippen LogP contribution in [0.5, 0.6) is 5.75 Å². The molecule has 2 rings (SSSR count). The average molecular weight is 261 g/mol. The normalized spacial score (nSPS) is 17.8. The zero-order chi connectivity index (χ0) is 13.8. The van der Waals surface area contributed by atoms with E-state index in [4.69, 9.17) is 4.74 Å². The smallest absolute Gasteiger partial charge is 0.223 e.